The van der Waals surface area contributed by atoms with Crippen molar-refractivity contribution in [3.63, 3.8) is 0 Å². The van der Waals surface area contributed by atoms with Gasteiger partial charge in [0.25, 0.3) is 0 Å². The molecular formula is C15H26O6. The van der Waals surface area contributed by atoms with Crippen LogP contribution in [-0.2, 0) is 28.5 Å². The van der Waals surface area contributed by atoms with Crippen LogP contribution in [0.2, 0.25) is 0 Å². The zero-order valence-corrected chi connectivity index (χ0v) is 13.3. The summed E-state index contributed by atoms with van der Waals surface area (Å²) in [6.07, 6.45) is 0.741. The molecule has 0 radical (unpaired) electrons. The topological polar surface area (TPSA) is 71.1 Å². The Labute approximate surface area is 126 Å². The lowest BCUT2D eigenvalue weighted by Gasteiger charge is -2.31. The van der Waals surface area contributed by atoms with E-state index < -0.39 is 23.6 Å². The van der Waals surface area contributed by atoms with Crippen LogP contribution in [-0.4, -0.2) is 44.2 Å². The van der Waals surface area contributed by atoms with Gasteiger partial charge in [-0.15, -0.1) is 0 Å². The van der Waals surface area contributed by atoms with Gasteiger partial charge in [0.15, 0.2) is 11.7 Å². The van der Waals surface area contributed by atoms with Crippen LogP contribution in [0, 0.1) is 11.8 Å². The number of hydrogen-bond acceptors (Lipinski definition) is 6. The zero-order valence-electron chi connectivity index (χ0n) is 13.3. The van der Waals surface area contributed by atoms with E-state index in [1.165, 1.54) is 0 Å². The first-order valence-corrected chi connectivity index (χ1v) is 7.55. The second-order valence-corrected chi connectivity index (χ2v) is 5.47. The van der Waals surface area contributed by atoms with Crippen molar-refractivity contribution in [2.24, 2.45) is 11.8 Å². The third kappa shape index (κ3) is 5.28. The highest BCUT2D eigenvalue weighted by Gasteiger charge is 2.44. The maximum Gasteiger partial charge on any atom is 0.320 e. The molecule has 0 aromatic carbocycles. The Bertz CT molecular complexity index is 328. The van der Waals surface area contributed by atoms with Crippen molar-refractivity contribution in [1.29, 1.82) is 0 Å². The third-order valence-corrected chi connectivity index (χ3v) is 3.19. The van der Waals surface area contributed by atoms with Gasteiger partial charge in [-0.2, -0.15) is 0 Å². The molecule has 0 atom stereocenters. The van der Waals surface area contributed by atoms with E-state index in [4.69, 9.17) is 18.9 Å². The van der Waals surface area contributed by atoms with Crippen molar-refractivity contribution < 1.29 is 28.5 Å². The molecule has 6 heteroatoms. The zero-order chi connectivity index (χ0) is 15.9. The van der Waals surface area contributed by atoms with E-state index in [-0.39, 0.29) is 19.6 Å². The van der Waals surface area contributed by atoms with E-state index in [0.29, 0.717) is 25.6 Å². The van der Waals surface area contributed by atoms with Crippen LogP contribution in [0.5, 0.6) is 0 Å². The summed E-state index contributed by atoms with van der Waals surface area (Å²) in [5.41, 5.74) is 0. The molecule has 0 aliphatic carbocycles. The Morgan fingerprint density at radius 2 is 1.48 bits per heavy atom. The molecular weight excluding hydrogens is 276 g/mol. The molecule has 1 saturated heterocycles. The monoisotopic (exact) mass is 302 g/mol. The van der Waals surface area contributed by atoms with Gasteiger partial charge in [0.1, 0.15) is 0 Å². The fourth-order valence-corrected chi connectivity index (χ4v) is 2.50. The number of rotatable bonds is 8. The molecule has 21 heavy (non-hydrogen) atoms. The Morgan fingerprint density at radius 3 is 1.86 bits per heavy atom. The van der Waals surface area contributed by atoms with Crippen molar-refractivity contribution in [2.45, 2.75) is 46.3 Å². The van der Waals surface area contributed by atoms with Gasteiger partial charge in [-0.25, -0.2) is 0 Å². The summed E-state index contributed by atoms with van der Waals surface area (Å²) in [4.78, 5) is 24.1. The summed E-state index contributed by atoms with van der Waals surface area (Å²) < 4.78 is 21.4. The standard InChI is InChI=1S/C15H26O6/c1-5-18-13(16)12(14(17)19-6-2)10-15(9-11(3)4)20-7-8-21-15/h11-12H,5-10H2,1-4H3. The molecule has 1 rings (SSSR count). The van der Waals surface area contributed by atoms with Crippen LogP contribution in [0.25, 0.3) is 0 Å². The van der Waals surface area contributed by atoms with E-state index in [2.05, 4.69) is 0 Å². The average Bonchev–Trinajstić information content (AvgIpc) is 2.84. The molecule has 0 aromatic rings. The van der Waals surface area contributed by atoms with Gasteiger partial charge in [-0.05, 0) is 19.8 Å². The maximum atomic E-state index is 12.0. The highest BCUT2D eigenvalue weighted by molar-refractivity contribution is 5.95. The number of esters is 2. The van der Waals surface area contributed by atoms with Crippen molar-refractivity contribution in [3.8, 4) is 0 Å². The van der Waals surface area contributed by atoms with Crippen LogP contribution >= 0.6 is 0 Å². The fraction of sp³-hybridized carbons (Fsp3) is 0.867. The van der Waals surface area contributed by atoms with Crippen molar-refractivity contribution in [2.75, 3.05) is 26.4 Å². The molecule has 0 bridgehead atoms. The van der Waals surface area contributed by atoms with Gasteiger partial charge in [0, 0.05) is 12.8 Å². The minimum absolute atomic E-state index is 0.128. The van der Waals surface area contributed by atoms with Gasteiger partial charge in [-0.1, -0.05) is 13.8 Å². The maximum absolute atomic E-state index is 12.0. The Balaban J connectivity index is 2.86. The Hall–Kier alpha value is -1.14. The molecule has 0 spiro atoms. The van der Waals surface area contributed by atoms with E-state index in [1.807, 2.05) is 13.8 Å². The minimum atomic E-state index is -1.01. The highest BCUT2D eigenvalue weighted by atomic mass is 16.7. The molecule has 0 saturated carbocycles. The molecule has 1 aliphatic rings. The van der Waals surface area contributed by atoms with Crippen molar-refractivity contribution >= 4 is 11.9 Å². The fourth-order valence-electron chi connectivity index (χ4n) is 2.50. The number of carbonyl (C=O) groups is 2. The summed E-state index contributed by atoms with van der Waals surface area (Å²) in [5.74, 6) is -2.77. The first kappa shape index (κ1) is 17.9. The molecule has 0 N–H and O–H groups in total. The SMILES string of the molecule is CCOC(=O)C(CC1(CC(C)C)OCCO1)C(=O)OCC. The van der Waals surface area contributed by atoms with E-state index in [0.717, 1.165) is 0 Å². The Kier molecular flexibility index (Phi) is 7.11. The van der Waals surface area contributed by atoms with E-state index in [1.54, 1.807) is 13.8 Å². The lowest BCUT2D eigenvalue weighted by molar-refractivity contribution is -0.194. The lowest BCUT2D eigenvalue weighted by atomic mass is 9.92. The number of hydrogen-bond donors (Lipinski definition) is 0. The first-order chi connectivity index (χ1) is 9.94. The minimum Gasteiger partial charge on any atom is -0.465 e. The predicted molar refractivity (Wildman–Crippen MR) is 75.5 cm³/mol. The van der Waals surface area contributed by atoms with Crippen LogP contribution in [0.1, 0.15) is 40.5 Å². The summed E-state index contributed by atoms with van der Waals surface area (Å²) in [7, 11) is 0. The molecule has 0 unspecified atom stereocenters. The first-order valence-electron chi connectivity index (χ1n) is 7.55. The molecule has 1 heterocycles. The van der Waals surface area contributed by atoms with Gasteiger partial charge in [0.2, 0.25) is 0 Å². The second-order valence-electron chi connectivity index (χ2n) is 5.47. The third-order valence-electron chi connectivity index (χ3n) is 3.19. The molecule has 1 aliphatic heterocycles. The molecule has 0 aromatic heterocycles. The number of ether oxygens (including phenoxy) is 4. The van der Waals surface area contributed by atoms with Gasteiger partial charge >= 0.3 is 11.9 Å². The summed E-state index contributed by atoms with van der Waals surface area (Å²) in [6, 6.07) is 0. The van der Waals surface area contributed by atoms with E-state index >= 15 is 0 Å². The molecule has 122 valence electrons. The quantitative estimate of drug-likeness (QED) is 0.504. The van der Waals surface area contributed by atoms with Gasteiger partial charge in [0.05, 0.1) is 26.4 Å². The summed E-state index contributed by atoms with van der Waals surface area (Å²) in [6.45, 7) is 8.84. The Morgan fingerprint density at radius 1 is 1.00 bits per heavy atom. The lowest BCUT2D eigenvalue weighted by Crippen LogP contribution is -2.40. The van der Waals surface area contributed by atoms with Gasteiger partial charge < -0.3 is 18.9 Å². The smallest absolute Gasteiger partial charge is 0.320 e. The second kappa shape index (κ2) is 8.34. The average molecular weight is 302 g/mol. The highest BCUT2D eigenvalue weighted by Crippen LogP contribution is 2.34. The number of carbonyl (C=O) groups excluding carboxylic acids is 2. The van der Waals surface area contributed by atoms with Crippen molar-refractivity contribution in [1.82, 2.24) is 0 Å². The van der Waals surface area contributed by atoms with Crippen molar-refractivity contribution in [3.05, 3.63) is 0 Å². The summed E-state index contributed by atoms with van der Waals surface area (Å²) in [5, 5.41) is 0. The molecule has 6 nitrogen and oxygen atoms in total. The predicted octanol–water partition coefficient (Wildman–Crippen LogP) is 1.91. The van der Waals surface area contributed by atoms with Crippen LogP contribution < -0.4 is 0 Å². The normalized spacial score (nSPS) is 17.2. The van der Waals surface area contributed by atoms with E-state index in [9.17, 15) is 9.59 Å². The van der Waals surface area contributed by atoms with Crippen LogP contribution in [0.4, 0.5) is 0 Å². The largest absolute Gasteiger partial charge is 0.465 e. The summed E-state index contributed by atoms with van der Waals surface area (Å²) >= 11 is 0. The van der Waals surface area contributed by atoms with Crippen LogP contribution in [0.3, 0.4) is 0 Å². The molecule has 0 amide bonds. The molecule has 1 fully saturated rings. The van der Waals surface area contributed by atoms with Gasteiger partial charge in [-0.3, -0.25) is 9.59 Å². The van der Waals surface area contributed by atoms with Crippen LogP contribution in [0.15, 0.2) is 0 Å².